The van der Waals surface area contributed by atoms with Crippen LogP contribution in [0.15, 0.2) is 12.1 Å². The molecule has 0 aliphatic heterocycles. The number of nitrogens with zero attached hydrogens (tertiary/aromatic N) is 2. The van der Waals surface area contributed by atoms with Crippen LogP contribution in [0.25, 0.3) is 11.0 Å². The quantitative estimate of drug-likeness (QED) is 0.851. The van der Waals surface area contributed by atoms with Gasteiger partial charge in [-0.05, 0) is 31.0 Å². The SMILES string of the molecule is CCCCC(=O)c1cc2nc(C(=O)O)n(C)c2cc1C. The lowest BCUT2D eigenvalue weighted by Crippen LogP contribution is -2.05. The number of Topliss-reactive ketones (excluding diaryl/α,β-unsaturated/α-hetero) is 1. The second kappa shape index (κ2) is 5.45. The fourth-order valence-electron chi connectivity index (χ4n) is 2.31. The van der Waals surface area contributed by atoms with E-state index in [9.17, 15) is 9.59 Å². The first-order valence-electron chi connectivity index (χ1n) is 6.69. The van der Waals surface area contributed by atoms with Gasteiger partial charge in [-0.15, -0.1) is 0 Å². The number of ketones is 1. The number of carbonyl (C=O) groups excluding carboxylic acids is 1. The van der Waals surface area contributed by atoms with E-state index >= 15 is 0 Å². The van der Waals surface area contributed by atoms with Crippen molar-refractivity contribution in [1.82, 2.24) is 9.55 Å². The molecular weight excluding hydrogens is 256 g/mol. The molecule has 1 heterocycles. The molecule has 2 rings (SSSR count). The van der Waals surface area contributed by atoms with Gasteiger partial charge in [0.05, 0.1) is 11.0 Å². The summed E-state index contributed by atoms with van der Waals surface area (Å²) < 4.78 is 1.53. The van der Waals surface area contributed by atoms with Crippen molar-refractivity contribution in [3.8, 4) is 0 Å². The first kappa shape index (κ1) is 14.2. The average molecular weight is 274 g/mol. The van der Waals surface area contributed by atoms with Crippen molar-refractivity contribution in [2.75, 3.05) is 0 Å². The fourth-order valence-corrected chi connectivity index (χ4v) is 2.31. The van der Waals surface area contributed by atoms with E-state index in [2.05, 4.69) is 4.98 Å². The summed E-state index contributed by atoms with van der Waals surface area (Å²) in [4.78, 5) is 27.3. The smallest absolute Gasteiger partial charge is 0.372 e. The van der Waals surface area contributed by atoms with E-state index in [4.69, 9.17) is 5.11 Å². The zero-order valence-corrected chi connectivity index (χ0v) is 11.9. The zero-order valence-electron chi connectivity index (χ0n) is 11.9. The molecule has 20 heavy (non-hydrogen) atoms. The third kappa shape index (κ3) is 2.43. The average Bonchev–Trinajstić information content (AvgIpc) is 2.72. The summed E-state index contributed by atoms with van der Waals surface area (Å²) in [5, 5.41) is 9.08. The highest BCUT2D eigenvalue weighted by atomic mass is 16.4. The Bertz CT molecular complexity index is 686. The molecule has 5 heteroatoms. The predicted octanol–water partition coefficient (Wildman–Crippen LogP) is 2.95. The third-order valence-corrected chi connectivity index (χ3v) is 3.48. The molecule has 1 N–H and O–H groups in total. The molecule has 0 bridgehead atoms. The van der Waals surface area contributed by atoms with Crippen LogP contribution in [0.1, 0.15) is 52.7 Å². The lowest BCUT2D eigenvalue weighted by atomic mass is 10.00. The van der Waals surface area contributed by atoms with Crippen LogP contribution < -0.4 is 0 Å². The molecule has 1 aromatic heterocycles. The number of carbonyl (C=O) groups is 2. The molecule has 106 valence electrons. The van der Waals surface area contributed by atoms with Crippen molar-refractivity contribution in [3.63, 3.8) is 0 Å². The van der Waals surface area contributed by atoms with Crippen LogP contribution in [0.4, 0.5) is 0 Å². The van der Waals surface area contributed by atoms with Gasteiger partial charge in [-0.1, -0.05) is 13.3 Å². The third-order valence-electron chi connectivity index (χ3n) is 3.48. The van der Waals surface area contributed by atoms with Crippen molar-refractivity contribution in [2.24, 2.45) is 7.05 Å². The maximum Gasteiger partial charge on any atom is 0.372 e. The van der Waals surface area contributed by atoms with Gasteiger partial charge in [-0.2, -0.15) is 0 Å². The van der Waals surface area contributed by atoms with Gasteiger partial charge in [0.2, 0.25) is 5.82 Å². The van der Waals surface area contributed by atoms with Crippen molar-refractivity contribution < 1.29 is 14.7 Å². The summed E-state index contributed by atoms with van der Waals surface area (Å²) in [5.74, 6) is -0.994. The first-order valence-corrected chi connectivity index (χ1v) is 6.69. The van der Waals surface area contributed by atoms with Crippen LogP contribution in [-0.4, -0.2) is 26.4 Å². The Labute approximate surface area is 117 Å². The highest BCUT2D eigenvalue weighted by molar-refractivity contribution is 6.01. The topological polar surface area (TPSA) is 72.2 Å². The monoisotopic (exact) mass is 274 g/mol. The molecule has 2 aromatic rings. The van der Waals surface area contributed by atoms with Gasteiger partial charge in [0, 0.05) is 19.0 Å². The minimum Gasteiger partial charge on any atom is -0.475 e. The van der Waals surface area contributed by atoms with Crippen LogP contribution in [0, 0.1) is 6.92 Å². The van der Waals surface area contributed by atoms with Gasteiger partial charge < -0.3 is 9.67 Å². The van der Waals surface area contributed by atoms with Gasteiger partial charge in [0.15, 0.2) is 5.78 Å². The molecular formula is C15H18N2O3. The normalized spacial score (nSPS) is 10.9. The van der Waals surface area contributed by atoms with Gasteiger partial charge in [-0.3, -0.25) is 4.79 Å². The molecule has 0 aliphatic rings. The molecule has 0 saturated heterocycles. The Morgan fingerprint density at radius 3 is 2.65 bits per heavy atom. The van der Waals surface area contributed by atoms with Crippen molar-refractivity contribution in [2.45, 2.75) is 33.1 Å². The Kier molecular flexibility index (Phi) is 3.88. The number of carboxylic acids is 1. The van der Waals surface area contributed by atoms with Crippen LogP contribution in [0.5, 0.6) is 0 Å². The summed E-state index contributed by atoms with van der Waals surface area (Å²) in [6.07, 6.45) is 2.35. The van der Waals surface area contributed by atoms with E-state index in [1.807, 2.05) is 19.9 Å². The lowest BCUT2D eigenvalue weighted by Gasteiger charge is -2.05. The zero-order chi connectivity index (χ0) is 14.9. The van der Waals surface area contributed by atoms with Crippen molar-refractivity contribution in [1.29, 1.82) is 0 Å². The highest BCUT2D eigenvalue weighted by Crippen LogP contribution is 2.22. The second-order valence-corrected chi connectivity index (χ2v) is 4.98. The molecule has 0 fully saturated rings. The summed E-state index contributed by atoms with van der Waals surface area (Å²) in [6, 6.07) is 3.53. The number of benzene rings is 1. The number of imidazole rings is 1. The van der Waals surface area contributed by atoms with Gasteiger partial charge in [0.25, 0.3) is 0 Å². The maximum atomic E-state index is 12.1. The minimum atomic E-state index is -1.07. The predicted molar refractivity (Wildman–Crippen MR) is 76.3 cm³/mol. The number of hydrogen-bond donors (Lipinski definition) is 1. The number of aromatic carboxylic acids is 1. The molecule has 5 nitrogen and oxygen atoms in total. The number of aryl methyl sites for hydroxylation is 2. The summed E-state index contributed by atoms with van der Waals surface area (Å²) >= 11 is 0. The Hall–Kier alpha value is -2.17. The number of unbranched alkanes of at least 4 members (excludes halogenated alkanes) is 1. The number of carboxylic acid groups (broad SMARTS) is 1. The fraction of sp³-hybridized carbons (Fsp3) is 0.400. The number of hydrogen-bond acceptors (Lipinski definition) is 3. The highest BCUT2D eigenvalue weighted by Gasteiger charge is 2.17. The summed E-state index contributed by atoms with van der Waals surface area (Å²) in [5.41, 5.74) is 2.78. The summed E-state index contributed by atoms with van der Waals surface area (Å²) in [7, 11) is 1.66. The number of fused-ring (bicyclic) bond motifs is 1. The van der Waals surface area contributed by atoms with Gasteiger partial charge in [0.1, 0.15) is 0 Å². The first-order chi connectivity index (χ1) is 9.45. The van der Waals surface area contributed by atoms with Gasteiger partial charge in [-0.25, -0.2) is 9.78 Å². The van der Waals surface area contributed by atoms with Crippen molar-refractivity contribution in [3.05, 3.63) is 29.1 Å². The molecule has 0 amide bonds. The molecule has 0 unspecified atom stereocenters. The minimum absolute atomic E-state index is 0.0162. The van der Waals surface area contributed by atoms with Crippen LogP contribution in [-0.2, 0) is 7.05 Å². The van der Waals surface area contributed by atoms with Crippen LogP contribution >= 0.6 is 0 Å². The van der Waals surface area contributed by atoms with Gasteiger partial charge >= 0.3 is 5.97 Å². The van der Waals surface area contributed by atoms with Crippen molar-refractivity contribution >= 4 is 22.8 Å². The van der Waals surface area contributed by atoms with E-state index in [0.29, 0.717) is 17.5 Å². The Balaban J connectivity index is 2.52. The molecule has 1 aromatic carbocycles. The molecule has 0 saturated carbocycles. The standard InChI is InChI=1S/C15H18N2O3/c1-4-5-6-13(18)10-8-11-12(7-9(10)2)17(3)14(16-11)15(19)20/h7-8H,4-6H2,1-3H3,(H,19,20). The van der Waals surface area contributed by atoms with E-state index < -0.39 is 5.97 Å². The molecule has 0 radical (unpaired) electrons. The Morgan fingerprint density at radius 2 is 2.05 bits per heavy atom. The van der Waals surface area contributed by atoms with E-state index in [1.165, 1.54) is 4.57 Å². The maximum absolute atomic E-state index is 12.1. The molecule has 0 spiro atoms. The number of rotatable bonds is 5. The molecule has 0 aliphatic carbocycles. The second-order valence-electron chi connectivity index (χ2n) is 4.98. The lowest BCUT2D eigenvalue weighted by molar-refractivity contribution is 0.0680. The Morgan fingerprint density at radius 1 is 1.35 bits per heavy atom. The number of aromatic nitrogens is 2. The van der Waals surface area contributed by atoms with E-state index in [-0.39, 0.29) is 11.6 Å². The van der Waals surface area contributed by atoms with E-state index in [1.54, 1.807) is 13.1 Å². The largest absolute Gasteiger partial charge is 0.475 e. The van der Waals surface area contributed by atoms with Crippen LogP contribution in [0.3, 0.4) is 0 Å². The van der Waals surface area contributed by atoms with Crippen LogP contribution in [0.2, 0.25) is 0 Å². The van der Waals surface area contributed by atoms with E-state index in [0.717, 1.165) is 23.9 Å². The summed E-state index contributed by atoms with van der Waals surface area (Å²) in [6.45, 7) is 3.91. The molecule has 0 atom stereocenters.